The van der Waals surface area contributed by atoms with Crippen LogP contribution in [0.15, 0.2) is 5.16 Å². The first-order valence-electron chi connectivity index (χ1n) is 3.53. The van der Waals surface area contributed by atoms with Gasteiger partial charge in [-0.05, 0) is 24.3 Å². The van der Waals surface area contributed by atoms with Crippen LogP contribution in [0.25, 0.3) is 0 Å². The van der Waals surface area contributed by atoms with Crippen LogP contribution in [0.5, 0.6) is 0 Å². The van der Waals surface area contributed by atoms with E-state index in [0.717, 1.165) is 0 Å². The summed E-state index contributed by atoms with van der Waals surface area (Å²) in [6, 6.07) is 2.26. The molecule has 0 unspecified atom stereocenters. The molecule has 0 aliphatic heterocycles. The molecule has 64 valence electrons. The number of hydrogen-bond donors (Lipinski definition) is 0. The Morgan fingerprint density at radius 1 is 1.67 bits per heavy atom. The van der Waals surface area contributed by atoms with Crippen LogP contribution in [0.3, 0.4) is 0 Å². The minimum absolute atomic E-state index is 0.237. The molecule has 5 nitrogen and oxygen atoms in total. The van der Waals surface area contributed by atoms with Gasteiger partial charge >= 0.3 is 0 Å². The summed E-state index contributed by atoms with van der Waals surface area (Å²) < 4.78 is 1.70. The average molecular weight is 183 g/mol. The van der Waals surface area contributed by atoms with Crippen LogP contribution in [0.2, 0.25) is 0 Å². The molecule has 1 heterocycles. The number of nitriles is 1. The second-order valence-electron chi connectivity index (χ2n) is 2.45. The lowest BCUT2D eigenvalue weighted by molar-refractivity contribution is 0.477. The van der Waals surface area contributed by atoms with Gasteiger partial charge in [-0.3, -0.25) is 0 Å². The minimum Gasteiger partial charge on any atom is -0.218 e. The van der Waals surface area contributed by atoms with E-state index >= 15 is 0 Å². The summed E-state index contributed by atoms with van der Waals surface area (Å²) in [5.74, 6) is 0.382. The van der Waals surface area contributed by atoms with Crippen LogP contribution >= 0.6 is 11.8 Å². The second-order valence-corrected chi connectivity index (χ2v) is 3.39. The Kier molecular flexibility index (Phi) is 3.05. The number of hydrogen-bond acceptors (Lipinski definition) is 5. The van der Waals surface area contributed by atoms with Crippen LogP contribution in [0, 0.1) is 11.3 Å². The predicted molar refractivity (Wildman–Crippen MR) is 44.5 cm³/mol. The topological polar surface area (TPSA) is 67.4 Å². The molecular weight excluding hydrogens is 174 g/mol. The van der Waals surface area contributed by atoms with E-state index in [1.54, 1.807) is 4.68 Å². The Hall–Kier alpha value is -1.09. The van der Waals surface area contributed by atoms with Crippen molar-refractivity contribution in [2.75, 3.05) is 5.75 Å². The monoisotopic (exact) mass is 183 g/mol. The zero-order valence-corrected chi connectivity index (χ0v) is 7.75. The summed E-state index contributed by atoms with van der Waals surface area (Å²) in [7, 11) is 0. The Morgan fingerprint density at radius 2 is 2.42 bits per heavy atom. The van der Waals surface area contributed by atoms with Crippen molar-refractivity contribution in [1.82, 2.24) is 20.2 Å². The molecule has 1 aromatic rings. The average Bonchev–Trinajstić information content (AvgIpc) is 2.48. The summed E-state index contributed by atoms with van der Waals surface area (Å²) in [5.41, 5.74) is 0. The molecule has 1 aromatic heterocycles. The molecule has 0 N–H and O–H groups in total. The second kappa shape index (κ2) is 4.07. The maximum atomic E-state index is 8.35. The standard InChI is InChI=1S/C6H9N5S/c1-5(2)11-6(8-9-10-11)12-4-3-7/h5H,4H2,1-2H3. The molecule has 0 amide bonds. The van der Waals surface area contributed by atoms with Gasteiger partial charge in [0.2, 0.25) is 5.16 Å². The zero-order valence-electron chi connectivity index (χ0n) is 6.93. The molecule has 6 heteroatoms. The van der Waals surface area contributed by atoms with Gasteiger partial charge in [0, 0.05) is 0 Å². The maximum absolute atomic E-state index is 8.35. The van der Waals surface area contributed by atoms with E-state index in [1.165, 1.54) is 11.8 Å². The normalized spacial score (nSPS) is 10.2. The van der Waals surface area contributed by atoms with Crippen molar-refractivity contribution in [3.8, 4) is 6.07 Å². The third-order valence-electron chi connectivity index (χ3n) is 1.22. The van der Waals surface area contributed by atoms with Gasteiger partial charge in [-0.2, -0.15) is 5.26 Å². The highest BCUT2D eigenvalue weighted by atomic mass is 32.2. The number of thioether (sulfide) groups is 1. The van der Waals surface area contributed by atoms with Crippen LogP contribution in [-0.4, -0.2) is 26.0 Å². The Morgan fingerprint density at radius 3 is 3.00 bits per heavy atom. The molecule has 0 spiro atoms. The van der Waals surface area contributed by atoms with Crippen molar-refractivity contribution in [3.63, 3.8) is 0 Å². The molecule has 0 radical (unpaired) electrons. The van der Waals surface area contributed by atoms with E-state index < -0.39 is 0 Å². The zero-order chi connectivity index (χ0) is 8.97. The quantitative estimate of drug-likeness (QED) is 0.650. The Balaban J connectivity index is 2.72. The first-order valence-corrected chi connectivity index (χ1v) is 4.52. The number of aromatic nitrogens is 4. The van der Waals surface area contributed by atoms with Gasteiger partial charge in [-0.1, -0.05) is 11.8 Å². The van der Waals surface area contributed by atoms with Crippen molar-refractivity contribution >= 4 is 11.8 Å². The highest BCUT2D eigenvalue weighted by molar-refractivity contribution is 7.99. The van der Waals surface area contributed by atoms with Crippen molar-refractivity contribution < 1.29 is 0 Å². The molecular formula is C6H9N5S. The summed E-state index contributed by atoms with van der Waals surface area (Å²) >= 11 is 1.35. The first-order chi connectivity index (χ1) is 5.75. The summed E-state index contributed by atoms with van der Waals surface area (Å²) in [4.78, 5) is 0. The molecule has 0 atom stereocenters. The van der Waals surface area contributed by atoms with Gasteiger partial charge in [-0.15, -0.1) is 5.10 Å². The van der Waals surface area contributed by atoms with Crippen LogP contribution in [-0.2, 0) is 0 Å². The van der Waals surface area contributed by atoms with E-state index in [2.05, 4.69) is 15.5 Å². The van der Waals surface area contributed by atoms with Gasteiger partial charge in [0.05, 0.1) is 17.9 Å². The van der Waals surface area contributed by atoms with E-state index in [1.807, 2.05) is 19.9 Å². The van der Waals surface area contributed by atoms with Crippen molar-refractivity contribution in [2.24, 2.45) is 0 Å². The Bertz CT molecular complexity index is 286. The number of rotatable bonds is 3. The molecule has 0 saturated heterocycles. The molecule has 0 aromatic carbocycles. The third-order valence-corrected chi connectivity index (χ3v) is 2.02. The molecule has 0 bridgehead atoms. The molecule has 12 heavy (non-hydrogen) atoms. The summed E-state index contributed by atoms with van der Waals surface area (Å²) in [6.07, 6.45) is 0. The Labute approximate surface area is 74.8 Å². The smallest absolute Gasteiger partial charge is 0.210 e. The fraction of sp³-hybridized carbons (Fsp3) is 0.667. The molecule has 0 aliphatic rings. The van der Waals surface area contributed by atoms with E-state index in [-0.39, 0.29) is 6.04 Å². The summed E-state index contributed by atoms with van der Waals surface area (Å²) in [6.45, 7) is 3.99. The lowest BCUT2D eigenvalue weighted by Gasteiger charge is -2.04. The lowest BCUT2D eigenvalue weighted by atomic mass is 10.4. The molecule has 0 fully saturated rings. The number of tetrazole rings is 1. The van der Waals surface area contributed by atoms with Crippen molar-refractivity contribution in [3.05, 3.63) is 0 Å². The van der Waals surface area contributed by atoms with Gasteiger partial charge in [0.25, 0.3) is 0 Å². The fourth-order valence-electron chi connectivity index (χ4n) is 0.701. The van der Waals surface area contributed by atoms with Crippen LogP contribution < -0.4 is 0 Å². The molecule has 0 aliphatic carbocycles. The molecule has 1 rings (SSSR count). The van der Waals surface area contributed by atoms with Gasteiger partial charge in [0.15, 0.2) is 0 Å². The van der Waals surface area contributed by atoms with Crippen LogP contribution in [0.4, 0.5) is 0 Å². The highest BCUT2D eigenvalue weighted by Gasteiger charge is 2.08. The lowest BCUT2D eigenvalue weighted by Crippen LogP contribution is -2.04. The van der Waals surface area contributed by atoms with Crippen molar-refractivity contribution in [2.45, 2.75) is 25.0 Å². The maximum Gasteiger partial charge on any atom is 0.210 e. The first kappa shape index (κ1) is 9.00. The third kappa shape index (κ3) is 1.95. The highest BCUT2D eigenvalue weighted by Crippen LogP contribution is 2.15. The van der Waals surface area contributed by atoms with E-state index in [0.29, 0.717) is 10.9 Å². The van der Waals surface area contributed by atoms with Crippen molar-refractivity contribution in [1.29, 1.82) is 5.26 Å². The van der Waals surface area contributed by atoms with Gasteiger partial charge < -0.3 is 0 Å². The predicted octanol–water partition coefficient (Wildman–Crippen LogP) is 0.870. The summed E-state index contributed by atoms with van der Waals surface area (Å²) in [5, 5.41) is 20.2. The van der Waals surface area contributed by atoms with E-state index in [9.17, 15) is 0 Å². The van der Waals surface area contributed by atoms with Gasteiger partial charge in [-0.25, -0.2) is 4.68 Å². The van der Waals surface area contributed by atoms with Gasteiger partial charge in [0.1, 0.15) is 0 Å². The largest absolute Gasteiger partial charge is 0.218 e. The fourth-order valence-corrected chi connectivity index (χ4v) is 1.37. The number of nitrogens with zero attached hydrogens (tertiary/aromatic N) is 5. The van der Waals surface area contributed by atoms with E-state index in [4.69, 9.17) is 5.26 Å². The van der Waals surface area contributed by atoms with Crippen LogP contribution in [0.1, 0.15) is 19.9 Å². The minimum atomic E-state index is 0.237. The SMILES string of the molecule is CC(C)n1nnnc1SCC#N. The molecule has 0 saturated carbocycles.